The highest BCUT2D eigenvalue weighted by molar-refractivity contribution is 5.66. The molecule has 0 aliphatic rings. The highest BCUT2D eigenvalue weighted by atomic mass is 19.4. The molecule has 0 atom stereocenters. The van der Waals surface area contributed by atoms with Gasteiger partial charge in [0.25, 0.3) is 0 Å². The predicted molar refractivity (Wildman–Crippen MR) is 90.3 cm³/mol. The summed E-state index contributed by atoms with van der Waals surface area (Å²) in [7, 11) is 1.62. The van der Waals surface area contributed by atoms with Gasteiger partial charge >= 0.3 is 6.18 Å². The number of hydrogen-bond acceptors (Lipinski definition) is 2. The van der Waals surface area contributed by atoms with Gasteiger partial charge in [-0.3, -0.25) is 0 Å². The van der Waals surface area contributed by atoms with Gasteiger partial charge in [-0.1, -0.05) is 25.1 Å². The van der Waals surface area contributed by atoms with E-state index in [4.69, 9.17) is 4.74 Å². The molecule has 0 amide bonds. The van der Waals surface area contributed by atoms with Crippen LogP contribution >= 0.6 is 0 Å². The zero-order valence-corrected chi connectivity index (χ0v) is 13.9. The SMILES string of the molecule is CCCNCCc1cc(-c2ccc(C(F)(F)F)cc2)ccc1OC. The van der Waals surface area contributed by atoms with Gasteiger partial charge in [0.2, 0.25) is 0 Å². The van der Waals surface area contributed by atoms with Crippen LogP contribution in [0.5, 0.6) is 5.75 Å². The Bertz CT molecular complexity index is 651. The number of rotatable bonds is 7. The number of benzene rings is 2. The molecule has 2 aromatic rings. The summed E-state index contributed by atoms with van der Waals surface area (Å²) in [5.41, 5.74) is 2.05. The molecule has 1 N–H and O–H groups in total. The zero-order valence-electron chi connectivity index (χ0n) is 13.9. The summed E-state index contributed by atoms with van der Waals surface area (Å²) < 4.78 is 43.4. The summed E-state index contributed by atoms with van der Waals surface area (Å²) in [4.78, 5) is 0. The highest BCUT2D eigenvalue weighted by Gasteiger charge is 2.29. The van der Waals surface area contributed by atoms with Gasteiger partial charge in [0.05, 0.1) is 12.7 Å². The van der Waals surface area contributed by atoms with Gasteiger partial charge in [0.1, 0.15) is 5.75 Å². The smallest absolute Gasteiger partial charge is 0.416 e. The summed E-state index contributed by atoms with van der Waals surface area (Å²) in [6.07, 6.45) is -2.44. The van der Waals surface area contributed by atoms with Crippen LogP contribution in [0, 0.1) is 0 Å². The van der Waals surface area contributed by atoms with E-state index in [1.165, 1.54) is 12.1 Å². The summed E-state index contributed by atoms with van der Waals surface area (Å²) in [5, 5.41) is 3.34. The number of ether oxygens (including phenoxy) is 1. The van der Waals surface area contributed by atoms with E-state index in [-0.39, 0.29) is 0 Å². The van der Waals surface area contributed by atoms with Crippen molar-refractivity contribution in [2.45, 2.75) is 25.9 Å². The molecule has 130 valence electrons. The lowest BCUT2D eigenvalue weighted by molar-refractivity contribution is -0.137. The summed E-state index contributed by atoms with van der Waals surface area (Å²) in [6, 6.07) is 10.9. The van der Waals surface area contributed by atoms with Gasteiger partial charge in [-0.2, -0.15) is 13.2 Å². The third kappa shape index (κ3) is 4.74. The molecular formula is C19H22F3NO. The third-order valence-corrected chi connectivity index (χ3v) is 3.82. The van der Waals surface area contributed by atoms with E-state index < -0.39 is 11.7 Å². The lowest BCUT2D eigenvalue weighted by atomic mass is 9.99. The van der Waals surface area contributed by atoms with Gasteiger partial charge in [-0.15, -0.1) is 0 Å². The molecule has 0 aliphatic carbocycles. The first-order chi connectivity index (χ1) is 11.5. The van der Waals surface area contributed by atoms with Gasteiger partial charge in [-0.25, -0.2) is 0 Å². The lowest BCUT2D eigenvalue weighted by Gasteiger charge is -2.12. The highest BCUT2D eigenvalue weighted by Crippen LogP contribution is 2.32. The van der Waals surface area contributed by atoms with Crippen molar-refractivity contribution in [1.82, 2.24) is 5.32 Å². The number of nitrogens with one attached hydrogen (secondary N) is 1. The van der Waals surface area contributed by atoms with Crippen molar-refractivity contribution in [1.29, 1.82) is 0 Å². The molecule has 0 aliphatic heterocycles. The van der Waals surface area contributed by atoms with E-state index in [0.29, 0.717) is 0 Å². The maximum atomic E-state index is 12.7. The van der Waals surface area contributed by atoms with Crippen molar-refractivity contribution in [2.24, 2.45) is 0 Å². The molecule has 2 nitrogen and oxygen atoms in total. The predicted octanol–water partition coefficient (Wildman–Crippen LogP) is 4.92. The fraction of sp³-hybridized carbons (Fsp3) is 0.368. The molecule has 2 aromatic carbocycles. The average Bonchev–Trinajstić information content (AvgIpc) is 2.58. The Morgan fingerprint density at radius 3 is 2.21 bits per heavy atom. The van der Waals surface area contributed by atoms with Gasteiger partial charge < -0.3 is 10.1 Å². The van der Waals surface area contributed by atoms with Crippen LogP contribution in [0.25, 0.3) is 11.1 Å². The van der Waals surface area contributed by atoms with Crippen molar-refractivity contribution >= 4 is 0 Å². The minimum atomic E-state index is -4.31. The van der Waals surface area contributed by atoms with Crippen molar-refractivity contribution in [3.8, 4) is 16.9 Å². The molecule has 0 aromatic heterocycles. The maximum Gasteiger partial charge on any atom is 0.416 e. The average molecular weight is 337 g/mol. The normalized spacial score (nSPS) is 11.5. The van der Waals surface area contributed by atoms with E-state index in [1.54, 1.807) is 7.11 Å². The number of methoxy groups -OCH3 is 1. The molecule has 0 fully saturated rings. The molecule has 0 unspecified atom stereocenters. The first-order valence-electron chi connectivity index (χ1n) is 8.01. The van der Waals surface area contributed by atoms with Crippen molar-refractivity contribution in [3.63, 3.8) is 0 Å². The Kier molecular flexibility index (Phi) is 6.26. The Labute approximate surface area is 140 Å². The number of alkyl halides is 3. The van der Waals surface area contributed by atoms with Gasteiger partial charge in [-0.05, 0) is 66.9 Å². The Morgan fingerprint density at radius 2 is 1.62 bits per heavy atom. The van der Waals surface area contributed by atoms with Gasteiger partial charge in [0.15, 0.2) is 0 Å². The maximum absolute atomic E-state index is 12.7. The molecule has 0 heterocycles. The van der Waals surface area contributed by atoms with Crippen LogP contribution < -0.4 is 10.1 Å². The van der Waals surface area contributed by atoms with Crippen LogP contribution in [0.1, 0.15) is 24.5 Å². The second-order valence-corrected chi connectivity index (χ2v) is 5.60. The molecule has 5 heteroatoms. The Balaban J connectivity index is 2.21. The largest absolute Gasteiger partial charge is 0.496 e. The van der Waals surface area contributed by atoms with Crippen LogP contribution in [0.2, 0.25) is 0 Å². The first-order valence-corrected chi connectivity index (χ1v) is 8.01. The number of halogens is 3. The van der Waals surface area contributed by atoms with Crippen LogP contribution in [0.4, 0.5) is 13.2 Å². The monoisotopic (exact) mass is 337 g/mol. The van der Waals surface area contributed by atoms with Crippen molar-refractivity contribution < 1.29 is 17.9 Å². The molecule has 0 spiro atoms. The van der Waals surface area contributed by atoms with Crippen molar-refractivity contribution in [3.05, 3.63) is 53.6 Å². The first kappa shape index (κ1) is 18.3. The Morgan fingerprint density at radius 1 is 0.958 bits per heavy atom. The summed E-state index contributed by atoms with van der Waals surface area (Å²) >= 11 is 0. The molecule has 0 radical (unpaired) electrons. The third-order valence-electron chi connectivity index (χ3n) is 3.82. The van der Waals surface area contributed by atoms with E-state index in [0.717, 1.165) is 60.5 Å². The van der Waals surface area contributed by atoms with E-state index in [1.807, 2.05) is 18.2 Å². The van der Waals surface area contributed by atoms with Crippen molar-refractivity contribution in [2.75, 3.05) is 20.2 Å². The van der Waals surface area contributed by atoms with E-state index in [9.17, 15) is 13.2 Å². The zero-order chi connectivity index (χ0) is 17.6. The second-order valence-electron chi connectivity index (χ2n) is 5.60. The van der Waals surface area contributed by atoms with Gasteiger partial charge in [0, 0.05) is 0 Å². The van der Waals surface area contributed by atoms with Crippen LogP contribution in [-0.2, 0) is 12.6 Å². The topological polar surface area (TPSA) is 21.3 Å². The van der Waals surface area contributed by atoms with E-state index >= 15 is 0 Å². The molecule has 2 rings (SSSR count). The molecule has 24 heavy (non-hydrogen) atoms. The van der Waals surface area contributed by atoms with Crippen LogP contribution in [0.3, 0.4) is 0 Å². The molecule has 0 saturated heterocycles. The second kappa shape index (κ2) is 8.20. The molecule has 0 bridgehead atoms. The minimum absolute atomic E-state index is 0.635. The fourth-order valence-corrected chi connectivity index (χ4v) is 2.53. The fourth-order valence-electron chi connectivity index (χ4n) is 2.53. The quantitative estimate of drug-likeness (QED) is 0.724. The number of hydrogen-bond donors (Lipinski definition) is 1. The molecule has 0 saturated carbocycles. The minimum Gasteiger partial charge on any atom is -0.496 e. The summed E-state index contributed by atoms with van der Waals surface area (Å²) in [5.74, 6) is 0.795. The Hall–Kier alpha value is -2.01. The summed E-state index contributed by atoms with van der Waals surface area (Å²) in [6.45, 7) is 3.90. The van der Waals surface area contributed by atoms with Crippen LogP contribution in [0.15, 0.2) is 42.5 Å². The van der Waals surface area contributed by atoms with E-state index in [2.05, 4.69) is 12.2 Å². The standard InChI is InChI=1S/C19H22F3NO/c1-3-11-23-12-10-16-13-15(6-9-18(16)24-2)14-4-7-17(8-5-14)19(20,21)22/h4-9,13,23H,3,10-12H2,1-2H3. The van der Waals surface area contributed by atoms with Crippen LogP contribution in [-0.4, -0.2) is 20.2 Å². The molecular weight excluding hydrogens is 315 g/mol. The lowest BCUT2D eigenvalue weighted by Crippen LogP contribution is -2.18.